The van der Waals surface area contributed by atoms with Crippen LogP contribution >= 0.6 is 0 Å². The second kappa shape index (κ2) is 10.2. The molecule has 5 rings (SSSR count). The summed E-state index contributed by atoms with van der Waals surface area (Å²) in [5.74, 6) is -0.0713. The number of nitrogens with zero attached hydrogens (tertiary/aromatic N) is 2. The largest absolute Gasteiger partial charge is 0.370 e. The summed E-state index contributed by atoms with van der Waals surface area (Å²) in [4.78, 5) is 17.1. The lowest BCUT2D eigenvalue weighted by Gasteiger charge is -2.43. The Morgan fingerprint density at radius 2 is 1.67 bits per heavy atom. The summed E-state index contributed by atoms with van der Waals surface area (Å²) < 4.78 is 5.71. The lowest BCUT2D eigenvalue weighted by atomic mass is 9.96. The lowest BCUT2D eigenvalue weighted by Crippen LogP contribution is -2.49. The van der Waals surface area contributed by atoms with Crippen molar-refractivity contribution < 1.29 is 9.53 Å². The summed E-state index contributed by atoms with van der Waals surface area (Å²) >= 11 is 0. The number of hydrogen-bond acceptors (Lipinski definition) is 4. The number of para-hydroxylation sites is 1. The van der Waals surface area contributed by atoms with E-state index in [4.69, 9.17) is 4.74 Å². The van der Waals surface area contributed by atoms with Crippen molar-refractivity contribution in [3.63, 3.8) is 0 Å². The predicted molar refractivity (Wildman–Crippen MR) is 131 cm³/mol. The number of nitrogens with one attached hydrogen (secondary N) is 1. The van der Waals surface area contributed by atoms with Crippen LogP contribution in [0.15, 0.2) is 78.9 Å². The molecule has 2 aliphatic rings. The van der Waals surface area contributed by atoms with E-state index in [1.165, 1.54) is 22.4 Å². The van der Waals surface area contributed by atoms with E-state index in [2.05, 4.69) is 63.6 Å². The van der Waals surface area contributed by atoms with Gasteiger partial charge in [-0.1, -0.05) is 72.8 Å². The fraction of sp³-hybridized carbons (Fsp3) is 0.321. The van der Waals surface area contributed by atoms with Crippen LogP contribution in [0.1, 0.15) is 28.3 Å². The summed E-state index contributed by atoms with van der Waals surface area (Å²) in [6.07, 6.45) is 0.987. The average molecular weight is 442 g/mol. The first-order chi connectivity index (χ1) is 16.3. The van der Waals surface area contributed by atoms with Gasteiger partial charge in [0.15, 0.2) is 0 Å². The first kappa shape index (κ1) is 21.7. The van der Waals surface area contributed by atoms with E-state index in [0.717, 1.165) is 38.2 Å². The summed E-state index contributed by atoms with van der Waals surface area (Å²) in [7, 11) is 0. The summed E-state index contributed by atoms with van der Waals surface area (Å²) in [6, 6.07) is 28.0. The van der Waals surface area contributed by atoms with E-state index in [9.17, 15) is 4.79 Å². The van der Waals surface area contributed by atoms with Gasteiger partial charge >= 0.3 is 0 Å². The molecule has 33 heavy (non-hydrogen) atoms. The average Bonchev–Trinajstić information content (AvgIpc) is 3.00. The van der Waals surface area contributed by atoms with E-state index in [1.807, 2.05) is 30.3 Å². The van der Waals surface area contributed by atoms with Crippen LogP contribution in [0.2, 0.25) is 0 Å². The van der Waals surface area contributed by atoms with E-state index in [-0.39, 0.29) is 12.5 Å². The van der Waals surface area contributed by atoms with Crippen molar-refractivity contribution in [2.75, 3.05) is 44.3 Å². The van der Waals surface area contributed by atoms with E-state index in [0.29, 0.717) is 19.2 Å². The molecule has 3 aromatic rings. The van der Waals surface area contributed by atoms with Crippen molar-refractivity contribution in [2.24, 2.45) is 0 Å². The van der Waals surface area contributed by atoms with E-state index in [1.54, 1.807) is 0 Å². The van der Waals surface area contributed by atoms with E-state index < -0.39 is 0 Å². The first-order valence-electron chi connectivity index (χ1n) is 11.8. The molecule has 0 spiro atoms. The maximum atomic E-state index is 12.1. The van der Waals surface area contributed by atoms with Gasteiger partial charge in [0, 0.05) is 38.4 Å². The molecule has 2 heterocycles. The van der Waals surface area contributed by atoms with Gasteiger partial charge in [-0.3, -0.25) is 9.69 Å². The Hall–Kier alpha value is -3.15. The third kappa shape index (κ3) is 5.10. The molecule has 2 aliphatic heterocycles. The van der Waals surface area contributed by atoms with Gasteiger partial charge in [-0.15, -0.1) is 0 Å². The number of hydrogen-bond donors (Lipinski definition) is 1. The molecule has 1 fully saturated rings. The van der Waals surface area contributed by atoms with Crippen molar-refractivity contribution >= 4 is 11.6 Å². The van der Waals surface area contributed by atoms with Crippen LogP contribution < -0.4 is 10.2 Å². The highest BCUT2D eigenvalue weighted by Crippen LogP contribution is 2.38. The maximum Gasteiger partial charge on any atom is 0.246 e. The Kier molecular flexibility index (Phi) is 6.70. The van der Waals surface area contributed by atoms with Gasteiger partial charge in [-0.2, -0.15) is 0 Å². The van der Waals surface area contributed by atoms with Gasteiger partial charge in [-0.05, 0) is 34.7 Å². The standard InChI is InChI=1S/C28H31N3O2/c32-28(29-19-22-8-2-1-3-9-22)21-33-17-16-30-14-15-31-26-13-7-5-11-24(26)18-23-10-4-6-12-25(23)27(31)20-30/h1-13,27H,14-21H2,(H,29,32). The lowest BCUT2D eigenvalue weighted by molar-refractivity contribution is -0.126. The quantitative estimate of drug-likeness (QED) is 0.567. The second-order valence-corrected chi connectivity index (χ2v) is 8.83. The molecule has 1 saturated heterocycles. The highest BCUT2D eigenvalue weighted by atomic mass is 16.5. The van der Waals surface area contributed by atoms with Crippen molar-refractivity contribution in [3.8, 4) is 0 Å². The Bertz CT molecular complexity index is 1090. The fourth-order valence-corrected chi connectivity index (χ4v) is 4.97. The summed E-state index contributed by atoms with van der Waals surface area (Å²) in [5.41, 5.74) is 6.72. The molecular weight excluding hydrogens is 410 g/mol. The highest BCUT2D eigenvalue weighted by molar-refractivity contribution is 5.77. The number of carbonyl (C=O) groups excluding carboxylic acids is 1. The molecule has 5 nitrogen and oxygen atoms in total. The number of benzene rings is 3. The van der Waals surface area contributed by atoms with Gasteiger partial charge in [-0.25, -0.2) is 0 Å². The van der Waals surface area contributed by atoms with Crippen LogP contribution in [0.5, 0.6) is 0 Å². The molecular formula is C28H31N3O2. The van der Waals surface area contributed by atoms with Gasteiger partial charge < -0.3 is 15.0 Å². The predicted octanol–water partition coefficient (Wildman–Crippen LogP) is 3.79. The van der Waals surface area contributed by atoms with E-state index >= 15 is 0 Å². The van der Waals surface area contributed by atoms with Crippen molar-refractivity contribution in [1.82, 2.24) is 10.2 Å². The molecule has 1 N–H and O–H groups in total. The molecule has 3 aromatic carbocycles. The van der Waals surface area contributed by atoms with Crippen molar-refractivity contribution in [1.29, 1.82) is 0 Å². The zero-order valence-electron chi connectivity index (χ0n) is 19.0. The molecule has 0 bridgehead atoms. The third-order valence-corrected chi connectivity index (χ3v) is 6.68. The number of amides is 1. The maximum absolute atomic E-state index is 12.1. The van der Waals surface area contributed by atoms with Crippen LogP contribution in [0.4, 0.5) is 5.69 Å². The molecule has 1 amide bonds. The first-order valence-corrected chi connectivity index (χ1v) is 11.8. The second-order valence-electron chi connectivity index (χ2n) is 8.83. The van der Waals surface area contributed by atoms with Gasteiger partial charge in [0.25, 0.3) is 0 Å². The number of ether oxygens (including phenoxy) is 1. The Balaban J connectivity index is 1.15. The third-order valence-electron chi connectivity index (χ3n) is 6.68. The highest BCUT2D eigenvalue weighted by Gasteiger charge is 2.32. The molecule has 5 heteroatoms. The Morgan fingerprint density at radius 3 is 2.55 bits per heavy atom. The monoisotopic (exact) mass is 441 g/mol. The zero-order valence-corrected chi connectivity index (χ0v) is 19.0. The van der Waals surface area contributed by atoms with Crippen LogP contribution in [0, 0.1) is 0 Å². The van der Waals surface area contributed by atoms with Gasteiger partial charge in [0.05, 0.1) is 12.6 Å². The van der Waals surface area contributed by atoms with Crippen LogP contribution in [0.3, 0.4) is 0 Å². The van der Waals surface area contributed by atoms with Crippen molar-refractivity contribution in [3.05, 3.63) is 101 Å². The number of piperazine rings is 1. The Morgan fingerprint density at radius 1 is 0.909 bits per heavy atom. The van der Waals surface area contributed by atoms with Crippen LogP contribution in [0.25, 0.3) is 0 Å². The molecule has 0 radical (unpaired) electrons. The smallest absolute Gasteiger partial charge is 0.246 e. The Labute approximate surface area is 196 Å². The number of fused-ring (bicyclic) bond motifs is 5. The zero-order chi connectivity index (χ0) is 22.5. The van der Waals surface area contributed by atoms with Gasteiger partial charge in [0.2, 0.25) is 5.91 Å². The fourth-order valence-electron chi connectivity index (χ4n) is 4.97. The van der Waals surface area contributed by atoms with Gasteiger partial charge in [0.1, 0.15) is 6.61 Å². The number of anilines is 1. The minimum absolute atomic E-state index is 0.0713. The molecule has 1 atom stereocenters. The molecule has 0 saturated carbocycles. The molecule has 0 aromatic heterocycles. The summed E-state index contributed by atoms with van der Waals surface area (Å²) in [6.45, 7) is 4.99. The molecule has 0 aliphatic carbocycles. The normalized spacial score (nSPS) is 17.5. The van der Waals surface area contributed by atoms with Crippen molar-refractivity contribution in [2.45, 2.75) is 19.0 Å². The molecule has 1 unspecified atom stereocenters. The SMILES string of the molecule is O=C(COCCN1CCN2c3ccccc3Cc3ccccc3C2C1)NCc1ccccc1. The number of carbonyl (C=O) groups is 1. The topological polar surface area (TPSA) is 44.8 Å². The minimum atomic E-state index is -0.0713. The van der Waals surface area contributed by atoms with Crippen LogP contribution in [-0.2, 0) is 22.5 Å². The number of rotatable bonds is 7. The summed E-state index contributed by atoms with van der Waals surface area (Å²) in [5, 5.41) is 2.92. The molecule has 170 valence electrons. The minimum Gasteiger partial charge on any atom is -0.370 e. The van der Waals surface area contributed by atoms with Crippen LogP contribution in [-0.4, -0.2) is 50.2 Å².